The van der Waals surface area contributed by atoms with Gasteiger partial charge >= 0.3 is 0 Å². The van der Waals surface area contributed by atoms with Gasteiger partial charge < -0.3 is 10.2 Å². The van der Waals surface area contributed by atoms with Gasteiger partial charge in [0.25, 0.3) is 0 Å². The van der Waals surface area contributed by atoms with Crippen molar-refractivity contribution in [1.29, 1.82) is 0 Å². The zero-order valence-corrected chi connectivity index (χ0v) is 14.7. The van der Waals surface area contributed by atoms with Crippen LogP contribution in [0.1, 0.15) is 28.4 Å². The molecular weight excluding hydrogens is 340 g/mol. The minimum absolute atomic E-state index is 0.00461. The molecule has 0 heterocycles. The van der Waals surface area contributed by atoms with Gasteiger partial charge in [0.05, 0.1) is 5.71 Å². The van der Waals surface area contributed by atoms with Crippen molar-refractivity contribution in [2.24, 2.45) is 10.2 Å². The third kappa shape index (κ3) is 4.27. The number of hydrogen-bond acceptors (Lipinski definition) is 5. The van der Waals surface area contributed by atoms with Crippen molar-refractivity contribution in [2.75, 3.05) is 0 Å². The van der Waals surface area contributed by atoms with Crippen LogP contribution in [0, 0.1) is 0 Å². The highest BCUT2D eigenvalue weighted by Gasteiger charge is 2.16. The lowest BCUT2D eigenvalue weighted by Gasteiger charge is -2.06. The molecule has 0 atom stereocenters. The number of aromatic hydroxyl groups is 2. The Morgan fingerprint density at radius 2 is 1.37 bits per heavy atom. The molecule has 5 nitrogen and oxygen atoms in total. The van der Waals surface area contributed by atoms with Gasteiger partial charge in [-0.1, -0.05) is 60.7 Å². The van der Waals surface area contributed by atoms with Gasteiger partial charge in [-0.15, -0.1) is 5.10 Å². The lowest BCUT2D eigenvalue weighted by molar-refractivity contribution is 0.106. The zero-order chi connectivity index (χ0) is 19.2. The number of benzene rings is 3. The summed E-state index contributed by atoms with van der Waals surface area (Å²) in [6.07, 6.45) is 0. The van der Waals surface area contributed by atoms with Crippen molar-refractivity contribution in [3.63, 3.8) is 0 Å². The number of phenols is 2. The van der Waals surface area contributed by atoms with Gasteiger partial charge in [-0.2, -0.15) is 5.10 Å². The smallest absolute Gasteiger partial charge is 0.213 e. The predicted molar refractivity (Wildman–Crippen MR) is 106 cm³/mol. The Labute approximate surface area is 157 Å². The van der Waals surface area contributed by atoms with Crippen molar-refractivity contribution in [2.45, 2.75) is 6.92 Å². The first-order valence-electron chi connectivity index (χ1n) is 8.36. The van der Waals surface area contributed by atoms with E-state index in [1.165, 1.54) is 18.2 Å². The van der Waals surface area contributed by atoms with Gasteiger partial charge in [0.2, 0.25) is 5.78 Å². The Kier molecular flexibility index (Phi) is 5.42. The summed E-state index contributed by atoms with van der Waals surface area (Å²) in [5.74, 6) is -0.275. The van der Waals surface area contributed by atoms with Crippen LogP contribution in [-0.2, 0) is 0 Å². The van der Waals surface area contributed by atoms with E-state index in [2.05, 4.69) is 10.2 Å². The fraction of sp³-hybridized carbons (Fsp3) is 0.0455. The Morgan fingerprint density at radius 1 is 0.778 bits per heavy atom. The molecule has 3 aromatic carbocycles. The first-order chi connectivity index (χ1) is 13.1. The Hall–Kier alpha value is -3.73. The highest BCUT2D eigenvalue weighted by atomic mass is 16.3. The molecule has 0 radical (unpaired) electrons. The third-order valence-electron chi connectivity index (χ3n) is 3.97. The van der Waals surface area contributed by atoms with Gasteiger partial charge in [-0.05, 0) is 25.1 Å². The van der Waals surface area contributed by atoms with Crippen molar-refractivity contribution in [1.82, 2.24) is 0 Å². The molecule has 0 aliphatic carbocycles. The minimum atomic E-state index is -0.251. The number of rotatable bonds is 5. The molecule has 0 aromatic heterocycles. The molecule has 0 fully saturated rings. The fourth-order valence-electron chi connectivity index (χ4n) is 2.55. The van der Waals surface area contributed by atoms with Crippen LogP contribution >= 0.6 is 0 Å². The van der Waals surface area contributed by atoms with E-state index >= 15 is 0 Å². The van der Waals surface area contributed by atoms with Crippen molar-refractivity contribution in [3.8, 4) is 11.5 Å². The summed E-state index contributed by atoms with van der Waals surface area (Å²) in [6, 6.07) is 22.1. The Morgan fingerprint density at radius 3 is 2.00 bits per heavy atom. The average Bonchev–Trinajstić information content (AvgIpc) is 2.71. The van der Waals surface area contributed by atoms with Crippen LogP contribution in [0.15, 0.2) is 89.1 Å². The second-order valence-corrected chi connectivity index (χ2v) is 5.90. The van der Waals surface area contributed by atoms with Crippen LogP contribution in [0.3, 0.4) is 0 Å². The maximum absolute atomic E-state index is 12.9. The van der Waals surface area contributed by atoms with Crippen LogP contribution in [0.5, 0.6) is 11.5 Å². The normalized spacial score (nSPS) is 12.0. The number of hydrogen-bond donors (Lipinski definition) is 2. The quantitative estimate of drug-likeness (QED) is 0.310. The van der Waals surface area contributed by atoms with Gasteiger partial charge in [0.1, 0.15) is 17.2 Å². The average molecular weight is 358 g/mol. The summed E-state index contributed by atoms with van der Waals surface area (Å²) in [5.41, 5.74) is 2.06. The first kappa shape index (κ1) is 18.1. The number of Topliss-reactive ketones (excluding diaryl/α,β-unsaturated/α-hetero) is 1. The predicted octanol–water partition coefficient (Wildman–Crippen LogP) is 4.19. The van der Waals surface area contributed by atoms with Crippen molar-refractivity contribution >= 4 is 17.2 Å². The lowest BCUT2D eigenvalue weighted by Crippen LogP contribution is -2.15. The largest absolute Gasteiger partial charge is 0.508 e. The molecule has 27 heavy (non-hydrogen) atoms. The summed E-state index contributed by atoms with van der Waals surface area (Å²) >= 11 is 0. The van der Waals surface area contributed by atoms with Crippen LogP contribution in [0.4, 0.5) is 0 Å². The molecular formula is C22H18N2O3. The Bertz CT molecular complexity index is 1010. The zero-order valence-electron chi connectivity index (χ0n) is 14.7. The summed E-state index contributed by atoms with van der Waals surface area (Å²) in [7, 11) is 0. The second-order valence-electron chi connectivity index (χ2n) is 5.90. The molecule has 0 aliphatic rings. The van der Waals surface area contributed by atoms with Crippen LogP contribution in [0.25, 0.3) is 0 Å². The number of phenolic OH excluding ortho intramolecular Hbond substituents is 2. The molecule has 0 spiro atoms. The molecule has 0 unspecified atom stereocenters. The maximum Gasteiger partial charge on any atom is 0.213 e. The van der Waals surface area contributed by atoms with Gasteiger partial charge in [0, 0.05) is 16.7 Å². The second kappa shape index (κ2) is 8.10. The molecule has 0 amide bonds. The number of carbonyl (C=O) groups excluding carboxylic acids is 1. The number of carbonyl (C=O) groups is 1. The van der Waals surface area contributed by atoms with Gasteiger partial charge in [-0.25, -0.2) is 0 Å². The van der Waals surface area contributed by atoms with E-state index in [1.807, 2.05) is 24.3 Å². The topological polar surface area (TPSA) is 82.2 Å². The molecule has 3 aromatic rings. The molecule has 0 saturated heterocycles. The lowest BCUT2D eigenvalue weighted by atomic mass is 10.0. The van der Waals surface area contributed by atoms with E-state index in [9.17, 15) is 15.0 Å². The van der Waals surface area contributed by atoms with Crippen LogP contribution in [0.2, 0.25) is 0 Å². The maximum atomic E-state index is 12.9. The van der Waals surface area contributed by atoms with E-state index in [-0.39, 0.29) is 23.0 Å². The third-order valence-corrected chi connectivity index (χ3v) is 3.97. The molecule has 0 saturated carbocycles. The van der Waals surface area contributed by atoms with Gasteiger partial charge in [0.15, 0.2) is 0 Å². The summed E-state index contributed by atoms with van der Waals surface area (Å²) in [4.78, 5) is 12.9. The molecule has 5 heteroatoms. The first-order valence-corrected chi connectivity index (χ1v) is 8.36. The standard InChI is InChI=1S/C22H18N2O3/c1-15(19-14-18(25)12-13-20(19)26)23-24-21(16-8-4-2-5-9-16)22(27)17-10-6-3-7-11-17/h2-14,25-26H,1H3/b23-15+,24-21+. The highest BCUT2D eigenvalue weighted by Crippen LogP contribution is 2.23. The van der Waals surface area contributed by atoms with Crippen molar-refractivity contribution < 1.29 is 15.0 Å². The number of ketones is 1. The SMILES string of the molecule is C/C(=N\N=C(\C(=O)c1ccccc1)c1ccccc1)c1cc(O)ccc1O. The van der Waals surface area contributed by atoms with Crippen LogP contribution < -0.4 is 0 Å². The Balaban J connectivity index is 2.05. The molecule has 134 valence electrons. The molecule has 2 N–H and O–H groups in total. The molecule has 0 aliphatic heterocycles. The fourth-order valence-corrected chi connectivity index (χ4v) is 2.55. The summed E-state index contributed by atoms with van der Waals surface area (Å²) < 4.78 is 0. The monoisotopic (exact) mass is 358 g/mol. The summed E-state index contributed by atoms with van der Waals surface area (Å²) in [6.45, 7) is 1.65. The van der Waals surface area contributed by atoms with Crippen LogP contribution in [-0.4, -0.2) is 27.4 Å². The van der Waals surface area contributed by atoms with E-state index < -0.39 is 0 Å². The van der Waals surface area contributed by atoms with Gasteiger partial charge in [-0.3, -0.25) is 4.79 Å². The molecule has 0 bridgehead atoms. The van der Waals surface area contributed by atoms with E-state index in [4.69, 9.17) is 0 Å². The van der Waals surface area contributed by atoms with Crippen molar-refractivity contribution in [3.05, 3.63) is 95.6 Å². The van der Waals surface area contributed by atoms with E-state index in [1.54, 1.807) is 43.3 Å². The van der Waals surface area contributed by atoms with E-state index in [0.717, 1.165) is 0 Å². The highest BCUT2D eigenvalue weighted by molar-refractivity contribution is 6.51. The van der Waals surface area contributed by atoms with E-state index in [0.29, 0.717) is 22.4 Å². The molecule has 3 rings (SSSR count). The summed E-state index contributed by atoms with van der Waals surface area (Å²) in [5, 5.41) is 27.9. The minimum Gasteiger partial charge on any atom is -0.508 e. The number of nitrogens with zero attached hydrogens (tertiary/aromatic N) is 2.